The maximum atomic E-state index is 13.1. The predicted molar refractivity (Wildman–Crippen MR) is 103 cm³/mol. The lowest BCUT2D eigenvalue weighted by atomic mass is 10.0. The third kappa shape index (κ3) is 4.27. The molecule has 2 heterocycles. The van der Waals surface area contributed by atoms with Gasteiger partial charge in [-0.25, -0.2) is 15.2 Å². The molecule has 3 N–H and O–H groups in total. The van der Waals surface area contributed by atoms with Gasteiger partial charge in [0, 0.05) is 18.4 Å². The molecule has 1 aliphatic heterocycles. The number of rotatable bonds is 6. The first-order valence-electron chi connectivity index (χ1n) is 9.28. The molecule has 0 spiro atoms. The number of halogens is 1. The van der Waals surface area contributed by atoms with Crippen molar-refractivity contribution < 1.29 is 9.18 Å². The molecule has 0 radical (unpaired) electrons. The van der Waals surface area contributed by atoms with E-state index in [-0.39, 0.29) is 29.8 Å². The maximum Gasteiger partial charge on any atom is 0.239 e. The van der Waals surface area contributed by atoms with Gasteiger partial charge in [0.2, 0.25) is 5.91 Å². The molecule has 1 aromatic heterocycles. The molecule has 3 unspecified atom stereocenters. The number of hydrazine groups is 1. The van der Waals surface area contributed by atoms with Gasteiger partial charge >= 0.3 is 0 Å². The third-order valence-electron chi connectivity index (χ3n) is 4.94. The van der Waals surface area contributed by atoms with Crippen molar-refractivity contribution in [3.63, 3.8) is 0 Å². The summed E-state index contributed by atoms with van der Waals surface area (Å²) in [6.45, 7) is 0.546. The second kappa shape index (κ2) is 8.33. The molecule has 0 saturated carbocycles. The van der Waals surface area contributed by atoms with Crippen molar-refractivity contribution in [3.8, 4) is 0 Å². The number of benzene rings is 2. The lowest BCUT2D eigenvalue weighted by Gasteiger charge is -2.21. The zero-order valence-electron chi connectivity index (χ0n) is 15.3. The Morgan fingerprint density at radius 2 is 1.93 bits per heavy atom. The number of carbonyl (C=O) groups excluding carboxylic acids is 1. The fourth-order valence-electron chi connectivity index (χ4n) is 3.43. The molecule has 1 aliphatic rings. The van der Waals surface area contributed by atoms with Crippen molar-refractivity contribution in [1.82, 2.24) is 25.9 Å². The molecule has 3 aromatic rings. The van der Waals surface area contributed by atoms with E-state index in [0.29, 0.717) is 13.0 Å². The summed E-state index contributed by atoms with van der Waals surface area (Å²) in [6, 6.07) is 17.4. The van der Waals surface area contributed by atoms with E-state index < -0.39 is 0 Å². The van der Waals surface area contributed by atoms with Crippen LogP contribution in [0, 0.1) is 5.82 Å². The Bertz CT molecular complexity index is 898. The summed E-state index contributed by atoms with van der Waals surface area (Å²) < 4.78 is 14.9. The molecule has 28 heavy (non-hydrogen) atoms. The van der Waals surface area contributed by atoms with Gasteiger partial charge in [0.05, 0.1) is 12.6 Å². The standard InChI is InChI=1S/C21H22FN5O/c22-17-9-7-16(8-10-17)18-13-19(26-25-18)21(28)24-20(14-27-12-4-11-23-27)15-5-2-1-3-6-15/h1-12,18-20,25-26H,13-14H2,(H,24,28). The highest BCUT2D eigenvalue weighted by Gasteiger charge is 2.31. The van der Waals surface area contributed by atoms with E-state index >= 15 is 0 Å². The van der Waals surface area contributed by atoms with Gasteiger partial charge in [0.1, 0.15) is 11.9 Å². The van der Waals surface area contributed by atoms with Crippen LogP contribution in [0.1, 0.15) is 29.6 Å². The van der Waals surface area contributed by atoms with Gasteiger partial charge < -0.3 is 5.32 Å². The van der Waals surface area contributed by atoms with Crippen LogP contribution in [-0.4, -0.2) is 21.7 Å². The number of amides is 1. The second-order valence-electron chi connectivity index (χ2n) is 6.88. The minimum atomic E-state index is -0.376. The summed E-state index contributed by atoms with van der Waals surface area (Å²) in [5, 5.41) is 7.38. The molecule has 6 nitrogen and oxygen atoms in total. The number of nitrogens with one attached hydrogen (secondary N) is 3. The number of hydrogen-bond acceptors (Lipinski definition) is 4. The van der Waals surface area contributed by atoms with E-state index in [4.69, 9.17) is 0 Å². The fourth-order valence-corrected chi connectivity index (χ4v) is 3.43. The zero-order valence-corrected chi connectivity index (χ0v) is 15.3. The lowest BCUT2D eigenvalue weighted by Crippen LogP contribution is -2.45. The lowest BCUT2D eigenvalue weighted by molar-refractivity contribution is -0.123. The van der Waals surface area contributed by atoms with Crippen LogP contribution >= 0.6 is 0 Å². The molecule has 3 atom stereocenters. The minimum Gasteiger partial charge on any atom is -0.346 e. The summed E-state index contributed by atoms with van der Waals surface area (Å²) in [5.74, 6) is -0.355. The molecule has 0 aliphatic carbocycles. The monoisotopic (exact) mass is 379 g/mol. The van der Waals surface area contributed by atoms with Crippen LogP contribution in [0.15, 0.2) is 73.1 Å². The summed E-state index contributed by atoms with van der Waals surface area (Å²) in [7, 11) is 0. The molecule has 4 rings (SSSR count). The Morgan fingerprint density at radius 3 is 2.64 bits per heavy atom. The van der Waals surface area contributed by atoms with Crippen LogP contribution in [-0.2, 0) is 11.3 Å². The van der Waals surface area contributed by atoms with Gasteiger partial charge in [-0.3, -0.25) is 9.48 Å². The van der Waals surface area contributed by atoms with Gasteiger partial charge in [0.15, 0.2) is 0 Å². The van der Waals surface area contributed by atoms with E-state index in [0.717, 1.165) is 11.1 Å². The molecular weight excluding hydrogens is 357 g/mol. The first kappa shape index (κ1) is 18.3. The van der Waals surface area contributed by atoms with E-state index in [9.17, 15) is 9.18 Å². The summed E-state index contributed by atoms with van der Waals surface area (Å²) in [4.78, 5) is 12.9. The molecule has 1 amide bonds. The number of carbonyl (C=O) groups is 1. The summed E-state index contributed by atoms with van der Waals surface area (Å²) in [6.07, 6.45) is 4.18. The normalized spacial score (nSPS) is 20.0. The average molecular weight is 379 g/mol. The number of hydrogen-bond donors (Lipinski definition) is 3. The summed E-state index contributed by atoms with van der Waals surface area (Å²) >= 11 is 0. The van der Waals surface area contributed by atoms with Crippen LogP contribution < -0.4 is 16.2 Å². The highest BCUT2D eigenvalue weighted by Crippen LogP contribution is 2.23. The molecule has 1 fully saturated rings. The highest BCUT2D eigenvalue weighted by atomic mass is 19.1. The molecule has 0 bridgehead atoms. The summed E-state index contributed by atoms with van der Waals surface area (Å²) in [5.41, 5.74) is 8.15. The number of nitrogens with zero attached hydrogens (tertiary/aromatic N) is 2. The highest BCUT2D eigenvalue weighted by molar-refractivity contribution is 5.82. The van der Waals surface area contributed by atoms with Gasteiger partial charge in [0.25, 0.3) is 0 Å². The quantitative estimate of drug-likeness (QED) is 0.615. The van der Waals surface area contributed by atoms with Crippen molar-refractivity contribution in [1.29, 1.82) is 0 Å². The zero-order chi connectivity index (χ0) is 19.3. The van der Waals surface area contributed by atoms with Crippen LogP contribution in [0.4, 0.5) is 4.39 Å². The molecule has 7 heteroatoms. The van der Waals surface area contributed by atoms with E-state index in [1.807, 2.05) is 42.6 Å². The van der Waals surface area contributed by atoms with Crippen molar-refractivity contribution in [2.24, 2.45) is 0 Å². The van der Waals surface area contributed by atoms with Crippen LogP contribution in [0.3, 0.4) is 0 Å². The Kier molecular flexibility index (Phi) is 5.45. The Hall–Kier alpha value is -3.03. The number of aromatic nitrogens is 2. The molecule has 2 aromatic carbocycles. The van der Waals surface area contributed by atoms with Crippen LogP contribution in [0.5, 0.6) is 0 Å². The molecular formula is C21H22FN5O. The first-order valence-corrected chi connectivity index (χ1v) is 9.28. The maximum absolute atomic E-state index is 13.1. The van der Waals surface area contributed by atoms with Crippen molar-refractivity contribution >= 4 is 5.91 Å². The van der Waals surface area contributed by atoms with Gasteiger partial charge in [-0.05, 0) is 35.7 Å². The molecule has 144 valence electrons. The van der Waals surface area contributed by atoms with Crippen molar-refractivity contribution in [2.75, 3.05) is 0 Å². The Balaban J connectivity index is 1.43. The van der Waals surface area contributed by atoms with Gasteiger partial charge in [-0.15, -0.1) is 0 Å². The fraction of sp³-hybridized carbons (Fsp3) is 0.238. The Morgan fingerprint density at radius 1 is 1.14 bits per heavy atom. The van der Waals surface area contributed by atoms with E-state index in [1.165, 1.54) is 12.1 Å². The van der Waals surface area contributed by atoms with E-state index in [1.54, 1.807) is 23.0 Å². The minimum absolute atomic E-state index is 0.0439. The largest absolute Gasteiger partial charge is 0.346 e. The predicted octanol–water partition coefficient (Wildman–Crippen LogP) is 2.49. The van der Waals surface area contributed by atoms with Gasteiger partial charge in [-0.1, -0.05) is 42.5 Å². The van der Waals surface area contributed by atoms with E-state index in [2.05, 4.69) is 21.3 Å². The third-order valence-corrected chi connectivity index (χ3v) is 4.94. The molecule has 1 saturated heterocycles. The van der Waals surface area contributed by atoms with Gasteiger partial charge in [-0.2, -0.15) is 5.10 Å². The van der Waals surface area contributed by atoms with Crippen molar-refractivity contribution in [2.45, 2.75) is 31.1 Å². The first-order chi connectivity index (χ1) is 13.7. The van der Waals surface area contributed by atoms with Crippen LogP contribution in [0.25, 0.3) is 0 Å². The van der Waals surface area contributed by atoms with Crippen molar-refractivity contribution in [3.05, 3.63) is 90.0 Å². The SMILES string of the molecule is O=C(NC(Cn1cccn1)c1ccccc1)C1CC(c2ccc(F)cc2)NN1. The topological polar surface area (TPSA) is 71.0 Å². The smallest absolute Gasteiger partial charge is 0.239 e. The van der Waals surface area contributed by atoms with Crippen LogP contribution in [0.2, 0.25) is 0 Å². The second-order valence-corrected chi connectivity index (χ2v) is 6.88. The average Bonchev–Trinajstić information content (AvgIpc) is 3.41. The Labute approximate surface area is 162 Å².